The summed E-state index contributed by atoms with van der Waals surface area (Å²) < 4.78 is 137. The van der Waals surface area contributed by atoms with E-state index in [9.17, 15) is 61.5 Å². The summed E-state index contributed by atoms with van der Waals surface area (Å²) in [5.41, 5.74) is 1.94. The molecule has 2 radical (unpaired) electrons. The van der Waals surface area contributed by atoms with Gasteiger partial charge in [-0.1, -0.05) is 24.3 Å². The summed E-state index contributed by atoms with van der Waals surface area (Å²) >= 11 is 0. The fraction of sp³-hybridized carbons (Fsp3) is 0. The van der Waals surface area contributed by atoms with Crippen molar-refractivity contribution in [3.63, 3.8) is 0 Å². The average Bonchev–Trinajstić information content (AvgIpc) is 3.12. The van der Waals surface area contributed by atoms with E-state index in [1.54, 1.807) is 0 Å². The number of anilines is 2. The molecule has 4 aromatic rings. The Morgan fingerprint density at radius 2 is 0.914 bits per heavy atom. The van der Waals surface area contributed by atoms with Crippen molar-refractivity contribution in [2.45, 2.75) is 9.79 Å². The smallest absolute Gasteiger partial charge is 0.285 e. The van der Waals surface area contributed by atoms with E-state index in [1.807, 2.05) is 0 Å². The molecule has 2 aromatic carbocycles. The third-order valence-corrected chi connectivity index (χ3v) is 11.4. The van der Waals surface area contributed by atoms with Crippen molar-refractivity contribution in [2.24, 2.45) is 10.2 Å². The number of allylic oxidation sites excluding steroid dienone is 2. The van der Waals surface area contributed by atoms with Gasteiger partial charge in [0.05, 0.1) is 11.4 Å². The van der Waals surface area contributed by atoms with Crippen LogP contribution in [0.2, 0.25) is 0 Å². The topological polar surface area (TPSA) is 326 Å². The standard InChI is InChI=1S/C32H22N6O14S4.Cu.Na/c39-31-23(15-27(55(47,48)49)21-3-1-11-33-29(21)31)37-35-19-9-7-17(25(13-19)53(41,42)43)5-6-18-8-10-20(14-26(18)54(44,45)46)36-38-24-16-28(56(50,51)52)22-4-2-12-34-30(22)32(24)40;;/h1-16,35-36H,(H,41,42,43)(H,44,45,46)(H,47,48,49)(H,50,51,52);;/b6-5+,37-23+,38-24+;;. The second-order valence-corrected chi connectivity index (χ2v) is 17.0. The van der Waals surface area contributed by atoms with Gasteiger partial charge in [0.1, 0.15) is 42.4 Å². The van der Waals surface area contributed by atoms with Crippen LogP contribution in [0, 0.1) is 0 Å². The third kappa shape index (κ3) is 9.98. The van der Waals surface area contributed by atoms with Crippen molar-refractivity contribution in [3.8, 4) is 0 Å². The minimum Gasteiger partial charge on any atom is -0.285 e. The van der Waals surface area contributed by atoms with Crippen molar-refractivity contribution >= 4 is 126 Å². The maximum atomic E-state index is 12.9. The van der Waals surface area contributed by atoms with E-state index >= 15 is 0 Å². The minimum atomic E-state index is -5.01. The predicted octanol–water partition coefficient (Wildman–Crippen LogP) is 2.54. The Kier molecular flexibility index (Phi) is 13.8. The number of pyridine rings is 2. The molecule has 0 fully saturated rings. The second-order valence-electron chi connectivity index (χ2n) is 11.4. The van der Waals surface area contributed by atoms with Gasteiger partial charge in [-0.2, -0.15) is 43.9 Å². The molecule has 0 spiro atoms. The number of hydrogen-bond acceptors (Lipinski definition) is 16. The van der Waals surface area contributed by atoms with Crippen molar-refractivity contribution in [2.75, 3.05) is 10.9 Å². The summed E-state index contributed by atoms with van der Waals surface area (Å²) in [5, 5.41) is 7.64. The van der Waals surface area contributed by atoms with E-state index in [1.165, 1.54) is 48.8 Å². The monoisotopic (exact) mass is 928 g/mol. The van der Waals surface area contributed by atoms with Gasteiger partial charge in [0.15, 0.2) is 0 Å². The van der Waals surface area contributed by atoms with Crippen molar-refractivity contribution in [1.82, 2.24) is 9.97 Å². The number of carbonyl (C=O) groups excluding carboxylic acids is 2. The van der Waals surface area contributed by atoms with Crippen LogP contribution in [0.25, 0.3) is 22.0 Å². The molecule has 0 atom stereocenters. The third-order valence-electron chi connectivity index (χ3n) is 7.77. The Morgan fingerprint density at radius 3 is 1.24 bits per heavy atom. The number of ketones is 2. The van der Waals surface area contributed by atoms with Gasteiger partial charge < -0.3 is 0 Å². The molecule has 0 aliphatic heterocycles. The molecule has 2 aliphatic rings. The van der Waals surface area contributed by atoms with Crippen LogP contribution in [0.3, 0.4) is 0 Å². The Bertz CT molecular complexity index is 2820. The van der Waals surface area contributed by atoms with Gasteiger partial charge in [-0.25, -0.2) is 0 Å². The van der Waals surface area contributed by atoms with Crippen molar-refractivity contribution in [3.05, 3.63) is 119 Å². The molecule has 20 nitrogen and oxygen atoms in total. The average molecular weight is 929 g/mol. The number of nitrogens with zero attached hydrogens (tertiary/aromatic N) is 4. The molecule has 0 bridgehead atoms. The molecule has 300 valence electrons. The zero-order valence-electron chi connectivity index (χ0n) is 28.8. The molecule has 0 saturated carbocycles. The summed E-state index contributed by atoms with van der Waals surface area (Å²) in [6.07, 6.45) is 6.11. The van der Waals surface area contributed by atoms with E-state index in [0.29, 0.717) is 0 Å². The van der Waals surface area contributed by atoms with Gasteiger partial charge in [-0.05, 0) is 71.8 Å². The van der Waals surface area contributed by atoms with Gasteiger partial charge in [-0.3, -0.25) is 48.6 Å². The number of fused-ring (bicyclic) bond motifs is 2. The second kappa shape index (κ2) is 17.3. The molecule has 2 aromatic heterocycles. The predicted molar refractivity (Wildman–Crippen MR) is 205 cm³/mol. The molecule has 0 amide bonds. The summed E-state index contributed by atoms with van der Waals surface area (Å²) in [6.45, 7) is 0. The summed E-state index contributed by atoms with van der Waals surface area (Å²) in [7, 11) is -19.7. The zero-order chi connectivity index (χ0) is 40.8. The van der Waals surface area contributed by atoms with E-state index in [0.717, 1.165) is 48.6 Å². The van der Waals surface area contributed by atoms with Crippen molar-refractivity contribution < 1.29 is 78.5 Å². The molecule has 0 unspecified atom stereocenters. The van der Waals surface area contributed by atoms with Crippen LogP contribution >= 0.6 is 0 Å². The van der Waals surface area contributed by atoms with E-state index in [2.05, 4.69) is 31.0 Å². The first-order chi connectivity index (χ1) is 26.1. The molecule has 2 heterocycles. The largest absolute Gasteiger partial charge is 0.295 e. The first-order valence-electron chi connectivity index (χ1n) is 15.1. The van der Waals surface area contributed by atoms with Crippen LogP contribution in [0.1, 0.15) is 43.2 Å². The van der Waals surface area contributed by atoms with Crippen LogP contribution in [0.5, 0.6) is 0 Å². The van der Waals surface area contributed by atoms with E-state index < -0.39 is 83.1 Å². The molecule has 58 heavy (non-hydrogen) atoms. The van der Waals surface area contributed by atoms with Gasteiger partial charge in [0.25, 0.3) is 40.5 Å². The maximum absolute atomic E-state index is 12.9. The Hall–Kier alpha value is -4.60. The Morgan fingerprint density at radius 1 is 0.552 bits per heavy atom. The number of benzene rings is 2. The number of nitrogens with one attached hydrogen (secondary N) is 2. The number of aromatic nitrogens is 2. The first kappa shape index (κ1) is 46.1. The number of hydrogen-bond donors (Lipinski definition) is 6. The van der Waals surface area contributed by atoms with Crippen LogP contribution in [0.15, 0.2) is 105 Å². The van der Waals surface area contributed by atoms with Crippen LogP contribution < -0.4 is 10.9 Å². The van der Waals surface area contributed by atoms with Gasteiger partial charge in [-0.15, -0.1) is 0 Å². The molecular formula is C32H22CuN6NaO14S4. The number of carbonyl (C=O) groups is 2. The summed E-state index contributed by atoms with van der Waals surface area (Å²) in [5.74, 6) is -1.68. The summed E-state index contributed by atoms with van der Waals surface area (Å²) in [4.78, 5) is 30.7. The van der Waals surface area contributed by atoms with Crippen LogP contribution in [-0.2, 0) is 57.5 Å². The Labute approximate surface area is 361 Å². The molecule has 6 rings (SSSR count). The first-order valence-corrected chi connectivity index (χ1v) is 20.9. The molecule has 2 aliphatic carbocycles. The quantitative estimate of drug-likeness (QED) is 0.0576. The fourth-order valence-electron chi connectivity index (χ4n) is 5.30. The molecular weight excluding hydrogens is 907 g/mol. The van der Waals surface area contributed by atoms with Crippen LogP contribution in [-0.4, -0.2) is 114 Å². The van der Waals surface area contributed by atoms with E-state index in [-0.39, 0.29) is 91.6 Å². The summed E-state index contributed by atoms with van der Waals surface area (Å²) in [6, 6.07) is 11.7. The van der Waals surface area contributed by atoms with Crippen LogP contribution in [0.4, 0.5) is 11.4 Å². The fourth-order valence-corrected chi connectivity index (χ4v) is 8.13. The SMILES string of the molecule is O=C1/C(=N/Nc2ccc(/C=C/c3ccc(N/N=C4\C=C(S(=O)(=O)O)c5cccnc5C4=O)cc3S(=O)(=O)O)c(S(=O)(=O)O)c2)C=C(S(=O)(=O)O)c2cccnc21.[Cu].[Na]. The van der Waals surface area contributed by atoms with Gasteiger partial charge in [0.2, 0.25) is 11.6 Å². The molecule has 0 saturated heterocycles. The van der Waals surface area contributed by atoms with E-state index in [4.69, 9.17) is 0 Å². The molecule has 6 N–H and O–H groups in total. The minimum absolute atomic E-state index is 0. The van der Waals surface area contributed by atoms with Gasteiger partial charge >= 0.3 is 0 Å². The van der Waals surface area contributed by atoms with Crippen molar-refractivity contribution in [1.29, 1.82) is 0 Å². The Balaban J connectivity index is 0.00000372. The zero-order valence-corrected chi connectivity index (χ0v) is 35.0. The number of Topliss-reactive ketones (excluding diaryl/α,β-unsaturated/α-hetero) is 2. The maximum Gasteiger partial charge on any atom is 0.295 e. The molecule has 26 heteroatoms. The number of rotatable bonds is 10. The normalized spacial score (nSPS) is 15.8. The van der Waals surface area contributed by atoms with Gasteiger partial charge in [0, 0.05) is 70.1 Å². The number of hydrazone groups is 2.